The van der Waals surface area contributed by atoms with Crippen LogP contribution in [0.5, 0.6) is 0 Å². The molecule has 3 heterocycles. The Morgan fingerprint density at radius 2 is 1.73 bits per heavy atom. The number of pyridine rings is 1. The molecule has 0 aliphatic carbocycles. The molecule has 1 aliphatic rings. The van der Waals surface area contributed by atoms with Gasteiger partial charge in [-0.2, -0.15) is 0 Å². The number of nitrogens with zero attached hydrogens (tertiary/aromatic N) is 3. The van der Waals surface area contributed by atoms with Gasteiger partial charge in [-0.1, -0.05) is 31.2 Å². The van der Waals surface area contributed by atoms with Crippen molar-refractivity contribution < 1.29 is 19.2 Å². The van der Waals surface area contributed by atoms with Gasteiger partial charge in [0.1, 0.15) is 0 Å². The van der Waals surface area contributed by atoms with Crippen molar-refractivity contribution in [2.45, 2.75) is 25.9 Å². The summed E-state index contributed by atoms with van der Waals surface area (Å²) in [6.07, 6.45) is 3.77. The summed E-state index contributed by atoms with van der Waals surface area (Å²) in [5, 5.41) is 2.90. The van der Waals surface area contributed by atoms with E-state index in [9.17, 15) is 19.2 Å². The van der Waals surface area contributed by atoms with Gasteiger partial charge in [-0.15, -0.1) is 0 Å². The number of Topliss-reactive ketones (excluding diaryl/α,β-unsaturated/α-hetero) is 1. The molecule has 9 nitrogen and oxygen atoms in total. The van der Waals surface area contributed by atoms with Crippen LogP contribution in [0, 0.1) is 0 Å². The number of nitrogens with one attached hydrogen (secondary N) is 2. The van der Waals surface area contributed by atoms with Gasteiger partial charge in [-0.25, -0.2) is 0 Å². The van der Waals surface area contributed by atoms with E-state index in [1.807, 2.05) is 30.3 Å². The van der Waals surface area contributed by atoms with E-state index in [0.717, 1.165) is 12.0 Å². The molecule has 2 N–H and O–H groups in total. The second kappa shape index (κ2) is 12.1. The molecule has 4 aromatic rings. The molecule has 2 aromatic heterocycles. The number of aromatic amines is 1. The Morgan fingerprint density at radius 1 is 1.00 bits per heavy atom. The topological polar surface area (TPSA) is 115 Å². The average molecular weight is 546 g/mol. The molecule has 41 heavy (non-hydrogen) atoms. The van der Waals surface area contributed by atoms with Crippen molar-refractivity contribution in [2.75, 3.05) is 19.6 Å². The summed E-state index contributed by atoms with van der Waals surface area (Å²) in [6.45, 7) is 2.99. The summed E-state index contributed by atoms with van der Waals surface area (Å²) >= 11 is 0. The fourth-order valence-electron chi connectivity index (χ4n) is 4.98. The molecule has 5 rings (SSSR count). The Bertz CT molecular complexity index is 1620. The van der Waals surface area contributed by atoms with Crippen LogP contribution in [0.4, 0.5) is 0 Å². The first-order valence-corrected chi connectivity index (χ1v) is 13.5. The van der Waals surface area contributed by atoms with Gasteiger partial charge >= 0.3 is 190 Å². The van der Waals surface area contributed by atoms with E-state index < -0.39 is 17.7 Å². The molecule has 1 unspecified atom stereocenters. The number of carbonyl (C=O) groups excluding carboxylic acids is 4. The summed E-state index contributed by atoms with van der Waals surface area (Å²) in [4.78, 5) is 62.9. The first-order chi connectivity index (χ1) is 19.9. The van der Waals surface area contributed by atoms with Crippen LogP contribution in [0.1, 0.15) is 49.1 Å². The average Bonchev–Trinajstić information content (AvgIpc) is 3.47. The first-order valence-electron chi connectivity index (χ1n) is 13.5. The van der Waals surface area contributed by atoms with Crippen LogP contribution in [-0.2, 0) is 17.8 Å². The third-order valence-corrected chi connectivity index (χ3v) is 7.34. The maximum absolute atomic E-state index is 13.4. The number of benzene rings is 2. The zero-order valence-corrected chi connectivity index (χ0v) is 22.7. The molecule has 1 saturated heterocycles. The standard InChI is InChI=1S/C31H29BN5O4/c1-2-20-8-10-21(11-9-20)17-35-29(39)24-12-13-33-27-25(18-34-26(24)27)28(38)31(41)37-15-14-36(19-23(37)16-32)30(40)22-6-4-3-5-7-22/h3-13,16,18,23,34H,2,14-15,17,19H2,1H3,(H,35,39). The summed E-state index contributed by atoms with van der Waals surface area (Å²) in [7, 11) is 5.85. The van der Waals surface area contributed by atoms with Crippen LogP contribution in [-0.4, -0.2) is 82.4 Å². The summed E-state index contributed by atoms with van der Waals surface area (Å²) in [5.74, 6) is -0.702. The van der Waals surface area contributed by atoms with E-state index in [-0.39, 0.29) is 42.5 Å². The van der Waals surface area contributed by atoms with Crippen LogP contribution in [0.2, 0.25) is 0 Å². The van der Waals surface area contributed by atoms with Gasteiger partial charge in [-0.3, -0.25) is 0 Å². The summed E-state index contributed by atoms with van der Waals surface area (Å²) in [6, 6.07) is 17.8. The number of fused-ring (bicyclic) bond motifs is 1. The van der Waals surface area contributed by atoms with E-state index in [2.05, 4.69) is 22.2 Å². The van der Waals surface area contributed by atoms with Gasteiger partial charge in [0.15, 0.2) is 0 Å². The van der Waals surface area contributed by atoms with Crippen molar-refractivity contribution in [1.29, 1.82) is 0 Å². The molecule has 10 heteroatoms. The SMILES string of the molecule is [B]=CC1CN(C(=O)c2ccccc2)CCN1C(=O)C(=O)c1c[nH]c2c(C(=O)NCc3ccc(CC)cc3)ccnc12. The number of hydrogen-bond donors (Lipinski definition) is 2. The van der Waals surface area contributed by atoms with Crippen LogP contribution >= 0.6 is 0 Å². The van der Waals surface area contributed by atoms with E-state index in [4.69, 9.17) is 7.49 Å². The Balaban J connectivity index is 1.29. The number of amides is 3. The van der Waals surface area contributed by atoms with Crippen LogP contribution in [0.3, 0.4) is 0 Å². The van der Waals surface area contributed by atoms with E-state index in [0.29, 0.717) is 23.2 Å². The van der Waals surface area contributed by atoms with Crippen LogP contribution in [0.25, 0.3) is 11.0 Å². The van der Waals surface area contributed by atoms with Gasteiger partial charge in [0.2, 0.25) is 0 Å². The molecule has 2 aromatic carbocycles. The normalized spacial score (nSPS) is 15.0. The predicted molar refractivity (Wildman–Crippen MR) is 157 cm³/mol. The van der Waals surface area contributed by atoms with Crippen molar-refractivity contribution >= 4 is 48.0 Å². The second-order valence-electron chi connectivity index (χ2n) is 9.84. The van der Waals surface area contributed by atoms with E-state index in [1.54, 1.807) is 35.2 Å². The fraction of sp³-hybridized carbons (Fsp3) is 0.226. The number of piperazine rings is 1. The van der Waals surface area contributed by atoms with Crippen molar-refractivity contribution in [3.05, 3.63) is 101 Å². The number of H-pyrrole nitrogens is 1. The monoisotopic (exact) mass is 546 g/mol. The molecule has 0 bridgehead atoms. The third kappa shape index (κ3) is 5.72. The molecule has 0 spiro atoms. The molecule has 1 aliphatic heterocycles. The van der Waals surface area contributed by atoms with E-state index >= 15 is 0 Å². The Morgan fingerprint density at radius 3 is 2.44 bits per heavy atom. The van der Waals surface area contributed by atoms with Crippen molar-refractivity contribution in [2.24, 2.45) is 0 Å². The van der Waals surface area contributed by atoms with Crippen molar-refractivity contribution in [1.82, 2.24) is 25.1 Å². The van der Waals surface area contributed by atoms with Crippen LogP contribution < -0.4 is 5.32 Å². The third-order valence-electron chi connectivity index (χ3n) is 7.34. The molecule has 1 fully saturated rings. The number of ketones is 1. The zero-order chi connectivity index (χ0) is 28.9. The van der Waals surface area contributed by atoms with Gasteiger partial charge < -0.3 is 0 Å². The number of rotatable bonds is 8. The predicted octanol–water partition coefficient (Wildman–Crippen LogP) is 2.56. The fourth-order valence-corrected chi connectivity index (χ4v) is 4.98. The molecule has 0 saturated carbocycles. The summed E-state index contributed by atoms with van der Waals surface area (Å²) < 4.78 is 0. The molecule has 205 valence electrons. The van der Waals surface area contributed by atoms with Gasteiger partial charge in [-0.05, 0) is 17.5 Å². The minimum atomic E-state index is -0.771. The number of carbonyl (C=O) groups is 4. The quantitative estimate of drug-likeness (QED) is 0.200. The van der Waals surface area contributed by atoms with Crippen LogP contribution in [0.15, 0.2) is 73.1 Å². The first kappa shape index (κ1) is 27.7. The number of hydrogen-bond acceptors (Lipinski definition) is 5. The number of aromatic nitrogens is 2. The Labute approximate surface area is 238 Å². The molecular weight excluding hydrogens is 517 g/mol. The van der Waals surface area contributed by atoms with Gasteiger partial charge in [0.25, 0.3) is 0 Å². The molecule has 1 radical (unpaired) electrons. The zero-order valence-electron chi connectivity index (χ0n) is 22.7. The minimum absolute atomic E-state index is 0.0633. The molecule has 3 amide bonds. The number of aryl methyl sites for hydroxylation is 1. The van der Waals surface area contributed by atoms with Gasteiger partial charge in [0.05, 0.1) is 0 Å². The molecular formula is C31H29BN5O4. The van der Waals surface area contributed by atoms with E-state index in [1.165, 1.54) is 28.8 Å². The summed E-state index contributed by atoms with van der Waals surface area (Å²) in [5.41, 5.74) is 3.69. The van der Waals surface area contributed by atoms with Crippen molar-refractivity contribution in [3.63, 3.8) is 0 Å². The van der Waals surface area contributed by atoms with Gasteiger partial charge in [0, 0.05) is 0 Å². The maximum atomic E-state index is 13.4. The molecule has 1 atom stereocenters. The Hall–Kier alpha value is -4.86. The Kier molecular flexibility index (Phi) is 8.19. The second-order valence-corrected chi connectivity index (χ2v) is 9.84. The van der Waals surface area contributed by atoms with Crippen molar-refractivity contribution in [3.8, 4) is 0 Å².